The lowest BCUT2D eigenvalue weighted by atomic mass is 9.74. The van der Waals surface area contributed by atoms with Gasteiger partial charge in [0.25, 0.3) is 0 Å². The lowest BCUT2D eigenvalue weighted by Crippen LogP contribution is -2.41. The first kappa shape index (κ1) is 14.6. The highest BCUT2D eigenvalue weighted by atomic mass is 16.3. The van der Waals surface area contributed by atoms with Crippen molar-refractivity contribution in [3.63, 3.8) is 0 Å². The fourth-order valence-electron chi connectivity index (χ4n) is 3.81. The number of furan rings is 1. The van der Waals surface area contributed by atoms with E-state index in [-0.39, 0.29) is 29.3 Å². The Morgan fingerprint density at radius 1 is 1.48 bits per heavy atom. The van der Waals surface area contributed by atoms with Crippen molar-refractivity contribution in [1.82, 2.24) is 10.6 Å². The normalized spacial score (nSPS) is 31.0. The summed E-state index contributed by atoms with van der Waals surface area (Å²) in [5.41, 5.74) is 1.34. The SMILES string of the molecule is Cc1cc2c(o1)CC(C)(C)CC2NC(=O)C1CCNC1C. The maximum atomic E-state index is 12.6. The molecule has 1 saturated heterocycles. The zero-order chi connectivity index (χ0) is 15.2. The fourth-order valence-corrected chi connectivity index (χ4v) is 3.81. The van der Waals surface area contributed by atoms with Gasteiger partial charge in [0.15, 0.2) is 0 Å². The summed E-state index contributed by atoms with van der Waals surface area (Å²) in [6, 6.07) is 2.44. The third-order valence-electron chi connectivity index (χ3n) is 4.91. The molecule has 3 unspecified atom stereocenters. The van der Waals surface area contributed by atoms with Crippen molar-refractivity contribution in [2.24, 2.45) is 11.3 Å². The molecule has 3 atom stereocenters. The minimum absolute atomic E-state index is 0.0847. The summed E-state index contributed by atoms with van der Waals surface area (Å²) < 4.78 is 5.84. The first-order valence-electron chi connectivity index (χ1n) is 7.99. The standard InChI is InChI=1S/C17H26N2O2/c1-10-7-13-14(8-17(3,4)9-15(13)21-10)19-16(20)12-5-6-18-11(12)2/h7,11-12,14,18H,5-6,8-9H2,1-4H3,(H,19,20). The number of carbonyl (C=O) groups is 1. The quantitative estimate of drug-likeness (QED) is 0.880. The third kappa shape index (κ3) is 2.86. The van der Waals surface area contributed by atoms with Crippen LogP contribution < -0.4 is 10.6 Å². The predicted molar refractivity (Wildman–Crippen MR) is 82.0 cm³/mol. The summed E-state index contributed by atoms with van der Waals surface area (Å²) >= 11 is 0. The molecule has 4 heteroatoms. The van der Waals surface area contributed by atoms with Gasteiger partial charge in [0.05, 0.1) is 12.0 Å². The number of fused-ring (bicyclic) bond motifs is 1. The fraction of sp³-hybridized carbons (Fsp3) is 0.706. The minimum Gasteiger partial charge on any atom is -0.466 e. The molecule has 0 spiro atoms. The van der Waals surface area contributed by atoms with Crippen molar-refractivity contribution in [2.75, 3.05) is 6.54 Å². The van der Waals surface area contributed by atoms with Crippen molar-refractivity contribution < 1.29 is 9.21 Å². The summed E-state index contributed by atoms with van der Waals surface area (Å²) in [4.78, 5) is 12.6. The van der Waals surface area contributed by atoms with Gasteiger partial charge in [-0.15, -0.1) is 0 Å². The number of amides is 1. The van der Waals surface area contributed by atoms with Gasteiger partial charge < -0.3 is 15.1 Å². The average Bonchev–Trinajstić information content (AvgIpc) is 2.93. The van der Waals surface area contributed by atoms with E-state index in [1.54, 1.807) is 0 Å². The first-order chi connectivity index (χ1) is 9.85. The average molecular weight is 290 g/mol. The summed E-state index contributed by atoms with van der Waals surface area (Å²) in [7, 11) is 0. The molecule has 0 bridgehead atoms. The molecule has 0 saturated carbocycles. The third-order valence-corrected chi connectivity index (χ3v) is 4.91. The zero-order valence-electron chi connectivity index (χ0n) is 13.5. The van der Waals surface area contributed by atoms with Gasteiger partial charge >= 0.3 is 0 Å². The van der Waals surface area contributed by atoms with Crippen LogP contribution in [0, 0.1) is 18.3 Å². The van der Waals surface area contributed by atoms with E-state index < -0.39 is 0 Å². The molecule has 0 aromatic carbocycles. The van der Waals surface area contributed by atoms with Crippen molar-refractivity contribution >= 4 is 5.91 Å². The molecule has 2 aliphatic rings. The van der Waals surface area contributed by atoms with Crippen LogP contribution in [0.25, 0.3) is 0 Å². The first-order valence-corrected chi connectivity index (χ1v) is 7.99. The molecular weight excluding hydrogens is 264 g/mol. The number of hydrogen-bond donors (Lipinski definition) is 2. The molecular formula is C17H26N2O2. The largest absolute Gasteiger partial charge is 0.466 e. The van der Waals surface area contributed by atoms with Gasteiger partial charge in [-0.2, -0.15) is 0 Å². The summed E-state index contributed by atoms with van der Waals surface area (Å²) in [5, 5.41) is 6.63. The highest BCUT2D eigenvalue weighted by Gasteiger charge is 2.37. The van der Waals surface area contributed by atoms with Gasteiger partial charge in [-0.05, 0) is 44.7 Å². The molecule has 1 aliphatic heterocycles. The predicted octanol–water partition coefficient (Wildman–Crippen LogP) is 2.72. The second-order valence-corrected chi connectivity index (χ2v) is 7.48. The van der Waals surface area contributed by atoms with E-state index in [1.165, 1.54) is 5.56 Å². The zero-order valence-corrected chi connectivity index (χ0v) is 13.5. The molecule has 116 valence electrons. The Morgan fingerprint density at radius 2 is 2.24 bits per heavy atom. The minimum atomic E-state index is 0.0847. The van der Waals surface area contributed by atoms with Crippen LogP contribution in [0.5, 0.6) is 0 Å². The Kier molecular flexibility index (Phi) is 3.60. The van der Waals surface area contributed by atoms with E-state index >= 15 is 0 Å². The molecule has 1 aromatic heterocycles. The topological polar surface area (TPSA) is 54.3 Å². The molecule has 1 aromatic rings. The van der Waals surface area contributed by atoms with Gasteiger partial charge in [0.1, 0.15) is 11.5 Å². The molecule has 21 heavy (non-hydrogen) atoms. The van der Waals surface area contributed by atoms with Crippen LogP contribution in [0.3, 0.4) is 0 Å². The summed E-state index contributed by atoms with van der Waals surface area (Å²) in [6.45, 7) is 9.49. The molecule has 2 heterocycles. The molecule has 1 aliphatic carbocycles. The molecule has 1 amide bonds. The highest BCUT2D eigenvalue weighted by Crippen LogP contribution is 2.42. The Morgan fingerprint density at radius 3 is 2.90 bits per heavy atom. The summed E-state index contributed by atoms with van der Waals surface area (Å²) in [6.07, 6.45) is 2.85. The Balaban J connectivity index is 1.79. The maximum Gasteiger partial charge on any atom is 0.225 e. The molecule has 0 radical (unpaired) electrons. The monoisotopic (exact) mass is 290 g/mol. The molecule has 4 nitrogen and oxygen atoms in total. The Bertz CT molecular complexity index is 547. The van der Waals surface area contributed by atoms with Gasteiger partial charge in [0.2, 0.25) is 5.91 Å². The van der Waals surface area contributed by atoms with Crippen LogP contribution in [-0.4, -0.2) is 18.5 Å². The molecule has 3 rings (SSSR count). The number of aryl methyl sites for hydroxylation is 1. The van der Waals surface area contributed by atoms with Crippen LogP contribution in [-0.2, 0) is 11.2 Å². The van der Waals surface area contributed by atoms with E-state index in [4.69, 9.17) is 4.42 Å². The lowest BCUT2D eigenvalue weighted by Gasteiger charge is -2.35. The van der Waals surface area contributed by atoms with Crippen LogP contribution in [0.1, 0.15) is 56.7 Å². The summed E-state index contributed by atoms with van der Waals surface area (Å²) in [5.74, 6) is 2.26. The number of rotatable bonds is 2. The van der Waals surface area contributed by atoms with Gasteiger partial charge in [-0.1, -0.05) is 13.8 Å². The van der Waals surface area contributed by atoms with E-state index in [0.29, 0.717) is 0 Å². The van der Waals surface area contributed by atoms with Crippen molar-refractivity contribution in [2.45, 2.75) is 59.0 Å². The van der Waals surface area contributed by atoms with Crippen LogP contribution >= 0.6 is 0 Å². The smallest absolute Gasteiger partial charge is 0.225 e. The highest BCUT2D eigenvalue weighted by molar-refractivity contribution is 5.80. The van der Waals surface area contributed by atoms with Crippen molar-refractivity contribution in [3.8, 4) is 0 Å². The van der Waals surface area contributed by atoms with E-state index in [9.17, 15) is 4.79 Å². The number of carbonyl (C=O) groups excluding carboxylic acids is 1. The van der Waals surface area contributed by atoms with E-state index in [0.717, 1.165) is 37.3 Å². The van der Waals surface area contributed by atoms with Gasteiger partial charge in [0, 0.05) is 18.0 Å². The van der Waals surface area contributed by atoms with E-state index in [1.807, 2.05) is 6.92 Å². The van der Waals surface area contributed by atoms with Crippen molar-refractivity contribution in [3.05, 3.63) is 23.2 Å². The lowest BCUT2D eigenvalue weighted by molar-refractivity contribution is -0.126. The molecule has 2 N–H and O–H groups in total. The molecule has 1 fully saturated rings. The van der Waals surface area contributed by atoms with E-state index in [2.05, 4.69) is 37.5 Å². The second kappa shape index (κ2) is 5.16. The van der Waals surface area contributed by atoms with Gasteiger partial charge in [-0.3, -0.25) is 4.79 Å². The van der Waals surface area contributed by atoms with Crippen molar-refractivity contribution in [1.29, 1.82) is 0 Å². The Labute approximate surface area is 126 Å². The Hall–Kier alpha value is -1.29. The van der Waals surface area contributed by atoms with Crippen LogP contribution in [0.4, 0.5) is 0 Å². The number of hydrogen-bond acceptors (Lipinski definition) is 3. The van der Waals surface area contributed by atoms with Gasteiger partial charge in [-0.25, -0.2) is 0 Å². The van der Waals surface area contributed by atoms with Crippen LogP contribution in [0.2, 0.25) is 0 Å². The number of nitrogens with one attached hydrogen (secondary N) is 2. The van der Waals surface area contributed by atoms with Crippen LogP contribution in [0.15, 0.2) is 10.5 Å². The second-order valence-electron chi connectivity index (χ2n) is 7.48. The maximum absolute atomic E-state index is 12.6.